The highest BCUT2D eigenvalue weighted by Gasteiger charge is 2.31. The topological polar surface area (TPSA) is 111 Å². The molecule has 0 saturated carbocycles. The molecule has 1 atom stereocenters. The third-order valence-corrected chi connectivity index (χ3v) is 4.75. The molecule has 1 N–H and O–H groups in total. The molecule has 0 aliphatic rings. The summed E-state index contributed by atoms with van der Waals surface area (Å²) in [6.45, 7) is -0.0797. The van der Waals surface area contributed by atoms with Gasteiger partial charge in [-0.05, 0) is 35.9 Å². The van der Waals surface area contributed by atoms with E-state index in [-0.39, 0.29) is 30.3 Å². The van der Waals surface area contributed by atoms with Gasteiger partial charge in [-0.1, -0.05) is 28.5 Å². The Bertz CT molecular complexity index is 1220. The Hall–Kier alpha value is -4.15. The highest BCUT2D eigenvalue weighted by molar-refractivity contribution is 5.68. The first-order valence-corrected chi connectivity index (χ1v) is 9.64. The van der Waals surface area contributed by atoms with Crippen LogP contribution in [-0.2, 0) is 17.6 Å². The third-order valence-electron chi connectivity index (χ3n) is 4.75. The highest BCUT2D eigenvalue weighted by atomic mass is 19.4. The maximum Gasteiger partial charge on any atom is 0.416 e. The summed E-state index contributed by atoms with van der Waals surface area (Å²) < 4.78 is 54.2. The Morgan fingerprint density at radius 3 is 2.55 bits per heavy atom. The maximum absolute atomic E-state index is 12.9. The van der Waals surface area contributed by atoms with Crippen LogP contribution in [0.3, 0.4) is 0 Å². The second-order valence-corrected chi connectivity index (χ2v) is 7.03. The number of aliphatic carboxylic acids is 1. The predicted octanol–water partition coefficient (Wildman–Crippen LogP) is 4.93. The molecule has 0 saturated heterocycles. The molecule has 2 aromatic carbocycles. The summed E-state index contributed by atoms with van der Waals surface area (Å²) in [6, 6.07) is 12.9. The van der Waals surface area contributed by atoms with Crippen LogP contribution in [0.2, 0.25) is 0 Å². The molecule has 0 radical (unpaired) electrons. The molecule has 2 heterocycles. The molecule has 4 rings (SSSR count). The first-order valence-electron chi connectivity index (χ1n) is 9.64. The van der Waals surface area contributed by atoms with Crippen LogP contribution in [0.1, 0.15) is 35.0 Å². The number of hydrogen-bond donors (Lipinski definition) is 1. The number of rotatable bonds is 8. The first kappa shape index (κ1) is 22.1. The molecule has 0 aliphatic carbocycles. The molecular formula is C22H16F3N3O5. The molecular weight excluding hydrogens is 443 g/mol. The molecule has 0 bridgehead atoms. The number of aromatic nitrogens is 3. The average Bonchev–Trinajstić information content (AvgIpc) is 3.48. The zero-order valence-corrected chi connectivity index (χ0v) is 16.8. The summed E-state index contributed by atoms with van der Waals surface area (Å²) in [5.74, 6) is -0.907. The van der Waals surface area contributed by atoms with Crippen LogP contribution in [-0.4, -0.2) is 26.4 Å². The summed E-state index contributed by atoms with van der Waals surface area (Å²) in [6.07, 6.45) is -3.26. The quantitative estimate of drug-likeness (QED) is 0.395. The summed E-state index contributed by atoms with van der Waals surface area (Å²) in [7, 11) is 0. The minimum absolute atomic E-state index is 0.0563. The van der Waals surface area contributed by atoms with Gasteiger partial charge in [-0.2, -0.15) is 18.2 Å². The van der Waals surface area contributed by atoms with Crippen molar-refractivity contribution in [3.8, 4) is 17.2 Å². The van der Waals surface area contributed by atoms with Gasteiger partial charge in [-0.3, -0.25) is 4.79 Å². The number of benzene rings is 2. The molecule has 11 heteroatoms. The predicted molar refractivity (Wildman–Crippen MR) is 106 cm³/mol. The Morgan fingerprint density at radius 1 is 1.09 bits per heavy atom. The van der Waals surface area contributed by atoms with Gasteiger partial charge in [0.05, 0.1) is 17.7 Å². The van der Waals surface area contributed by atoms with E-state index >= 15 is 0 Å². The lowest BCUT2D eigenvalue weighted by atomic mass is 9.92. The molecule has 8 nitrogen and oxygen atoms in total. The molecule has 4 aromatic rings. The molecule has 2 aromatic heterocycles. The van der Waals surface area contributed by atoms with Gasteiger partial charge >= 0.3 is 12.1 Å². The van der Waals surface area contributed by atoms with Crippen LogP contribution >= 0.6 is 0 Å². The lowest BCUT2D eigenvalue weighted by Crippen LogP contribution is -2.08. The maximum atomic E-state index is 12.9. The van der Waals surface area contributed by atoms with Crippen molar-refractivity contribution in [2.24, 2.45) is 0 Å². The highest BCUT2D eigenvalue weighted by Crippen LogP contribution is 2.32. The van der Waals surface area contributed by atoms with E-state index in [1.807, 2.05) is 0 Å². The van der Waals surface area contributed by atoms with E-state index in [1.54, 1.807) is 30.3 Å². The Morgan fingerprint density at radius 2 is 1.88 bits per heavy atom. The van der Waals surface area contributed by atoms with Crippen LogP contribution in [0, 0.1) is 0 Å². The SMILES string of the molecule is O=C(O)C[C@@H](c1ccc(OCc2noc(-c3cccc(C(F)(F)F)c3)n2)cc1)c1ccon1. The fraction of sp³-hybridized carbons (Fsp3) is 0.182. The molecule has 0 fully saturated rings. The molecule has 0 unspecified atom stereocenters. The van der Waals surface area contributed by atoms with E-state index in [4.69, 9.17) is 13.8 Å². The van der Waals surface area contributed by atoms with Crippen molar-refractivity contribution in [3.05, 3.63) is 83.5 Å². The molecule has 0 aliphatic heterocycles. The van der Waals surface area contributed by atoms with Crippen LogP contribution in [0.25, 0.3) is 11.5 Å². The van der Waals surface area contributed by atoms with Crippen molar-refractivity contribution >= 4 is 5.97 Å². The van der Waals surface area contributed by atoms with Gasteiger partial charge < -0.3 is 18.9 Å². The van der Waals surface area contributed by atoms with Crippen LogP contribution in [0.5, 0.6) is 5.75 Å². The number of halogens is 3. The molecule has 33 heavy (non-hydrogen) atoms. The second-order valence-electron chi connectivity index (χ2n) is 7.03. The number of carboxylic acid groups (broad SMARTS) is 1. The normalized spacial score (nSPS) is 12.5. The van der Waals surface area contributed by atoms with E-state index in [9.17, 15) is 23.1 Å². The average molecular weight is 459 g/mol. The zero-order valence-electron chi connectivity index (χ0n) is 16.8. The fourth-order valence-corrected chi connectivity index (χ4v) is 3.17. The lowest BCUT2D eigenvalue weighted by Gasteiger charge is -2.13. The van der Waals surface area contributed by atoms with Gasteiger partial charge in [0.2, 0.25) is 5.82 Å². The van der Waals surface area contributed by atoms with Gasteiger partial charge in [-0.25, -0.2) is 0 Å². The van der Waals surface area contributed by atoms with E-state index in [0.29, 0.717) is 17.0 Å². The third kappa shape index (κ3) is 5.37. The van der Waals surface area contributed by atoms with Gasteiger partial charge in [0.1, 0.15) is 12.0 Å². The van der Waals surface area contributed by atoms with Crippen molar-refractivity contribution in [1.82, 2.24) is 15.3 Å². The minimum atomic E-state index is -4.48. The zero-order chi connectivity index (χ0) is 23.4. The number of carbonyl (C=O) groups is 1. The van der Waals surface area contributed by atoms with E-state index in [0.717, 1.165) is 12.1 Å². The van der Waals surface area contributed by atoms with Crippen molar-refractivity contribution < 1.29 is 36.9 Å². The number of carboxylic acids is 1. The van der Waals surface area contributed by atoms with Crippen molar-refractivity contribution in [2.45, 2.75) is 25.1 Å². The van der Waals surface area contributed by atoms with Crippen LogP contribution < -0.4 is 4.74 Å². The van der Waals surface area contributed by atoms with Gasteiger partial charge in [0.15, 0.2) is 6.61 Å². The molecule has 0 spiro atoms. The summed E-state index contributed by atoms with van der Waals surface area (Å²) >= 11 is 0. The Labute approximate surface area is 184 Å². The number of hydrogen-bond acceptors (Lipinski definition) is 7. The van der Waals surface area contributed by atoms with Gasteiger partial charge in [-0.15, -0.1) is 0 Å². The largest absolute Gasteiger partial charge is 0.485 e. The van der Waals surface area contributed by atoms with Gasteiger partial charge in [0.25, 0.3) is 5.89 Å². The second kappa shape index (κ2) is 9.15. The standard InChI is InChI=1S/C22H16F3N3O5/c23-22(24,25)15-3-1-2-14(10-15)21-26-19(28-33-21)12-31-16-6-4-13(5-7-16)17(11-20(29)30)18-8-9-32-27-18/h1-10,17H,11-12H2,(H,29,30)/t17-/m0/s1. The monoisotopic (exact) mass is 459 g/mol. The van der Waals surface area contributed by atoms with Crippen molar-refractivity contribution in [1.29, 1.82) is 0 Å². The lowest BCUT2D eigenvalue weighted by molar-refractivity contribution is -0.138. The van der Waals surface area contributed by atoms with E-state index in [1.165, 1.54) is 18.4 Å². The summed E-state index contributed by atoms with van der Waals surface area (Å²) in [5, 5.41) is 16.8. The van der Waals surface area contributed by atoms with Crippen molar-refractivity contribution in [2.75, 3.05) is 0 Å². The first-order chi connectivity index (χ1) is 15.8. The summed E-state index contributed by atoms with van der Waals surface area (Å²) in [5.41, 5.74) is 0.540. The molecule has 170 valence electrons. The van der Waals surface area contributed by atoms with Crippen LogP contribution in [0.15, 0.2) is 69.9 Å². The number of nitrogens with zero attached hydrogens (tertiary/aromatic N) is 3. The summed E-state index contributed by atoms with van der Waals surface area (Å²) in [4.78, 5) is 15.3. The Balaban J connectivity index is 1.42. The van der Waals surface area contributed by atoms with E-state index < -0.39 is 23.6 Å². The smallest absolute Gasteiger partial charge is 0.416 e. The van der Waals surface area contributed by atoms with E-state index in [2.05, 4.69) is 15.3 Å². The Kier molecular flexibility index (Phi) is 6.11. The number of ether oxygens (including phenoxy) is 1. The van der Waals surface area contributed by atoms with Crippen molar-refractivity contribution in [3.63, 3.8) is 0 Å². The number of alkyl halides is 3. The fourth-order valence-electron chi connectivity index (χ4n) is 3.17. The minimum Gasteiger partial charge on any atom is -0.485 e. The van der Waals surface area contributed by atoms with Gasteiger partial charge in [0, 0.05) is 17.5 Å². The molecule has 0 amide bonds. The van der Waals surface area contributed by atoms with Crippen LogP contribution in [0.4, 0.5) is 13.2 Å².